The summed E-state index contributed by atoms with van der Waals surface area (Å²) in [7, 11) is 0. The first-order valence-electron chi connectivity index (χ1n) is 8.52. The van der Waals surface area contributed by atoms with Crippen LogP contribution in [0.15, 0.2) is 54.6 Å². The van der Waals surface area contributed by atoms with E-state index in [9.17, 15) is 4.79 Å². The standard InChI is InChI=1S/C20H24N2O2/c1-15-13-17(11-12-21-15)20(23)22-18-7-9-19(10-8-18)24-14-16-5-3-2-4-6-16/h2-10,15,17,21H,11-14H2,1H3,(H,22,23). The highest BCUT2D eigenvalue weighted by atomic mass is 16.5. The van der Waals surface area contributed by atoms with Gasteiger partial charge in [-0.3, -0.25) is 4.79 Å². The number of piperidine rings is 1. The van der Waals surface area contributed by atoms with Gasteiger partial charge in [0, 0.05) is 17.6 Å². The second-order valence-electron chi connectivity index (χ2n) is 6.36. The fourth-order valence-electron chi connectivity index (χ4n) is 2.99. The van der Waals surface area contributed by atoms with Gasteiger partial charge in [0.2, 0.25) is 5.91 Å². The molecule has 0 saturated carbocycles. The topological polar surface area (TPSA) is 50.4 Å². The third-order valence-corrected chi connectivity index (χ3v) is 4.36. The van der Waals surface area contributed by atoms with Gasteiger partial charge in [-0.1, -0.05) is 30.3 Å². The van der Waals surface area contributed by atoms with E-state index in [2.05, 4.69) is 17.6 Å². The minimum Gasteiger partial charge on any atom is -0.489 e. The minimum absolute atomic E-state index is 0.0928. The van der Waals surface area contributed by atoms with Gasteiger partial charge in [-0.25, -0.2) is 0 Å². The van der Waals surface area contributed by atoms with Crippen LogP contribution in [0.5, 0.6) is 5.75 Å². The number of benzene rings is 2. The number of anilines is 1. The van der Waals surface area contributed by atoms with Crippen LogP contribution in [0, 0.1) is 5.92 Å². The zero-order valence-electron chi connectivity index (χ0n) is 14.0. The first kappa shape index (κ1) is 16.5. The van der Waals surface area contributed by atoms with Crippen LogP contribution in [0.1, 0.15) is 25.3 Å². The van der Waals surface area contributed by atoms with E-state index in [1.54, 1.807) is 0 Å². The van der Waals surface area contributed by atoms with E-state index in [-0.39, 0.29) is 11.8 Å². The van der Waals surface area contributed by atoms with Gasteiger partial charge in [-0.15, -0.1) is 0 Å². The Morgan fingerprint density at radius 2 is 1.92 bits per heavy atom. The highest BCUT2D eigenvalue weighted by Crippen LogP contribution is 2.21. The Balaban J connectivity index is 1.51. The van der Waals surface area contributed by atoms with Crippen LogP contribution in [0.3, 0.4) is 0 Å². The molecule has 2 aromatic rings. The van der Waals surface area contributed by atoms with Crippen molar-refractivity contribution in [1.82, 2.24) is 5.32 Å². The molecular formula is C20H24N2O2. The van der Waals surface area contributed by atoms with Gasteiger partial charge in [-0.05, 0) is 56.1 Å². The third-order valence-electron chi connectivity index (χ3n) is 4.36. The molecule has 4 nitrogen and oxygen atoms in total. The van der Waals surface area contributed by atoms with Gasteiger partial charge < -0.3 is 15.4 Å². The molecule has 1 heterocycles. The summed E-state index contributed by atoms with van der Waals surface area (Å²) in [6.07, 6.45) is 1.79. The fourth-order valence-corrected chi connectivity index (χ4v) is 2.99. The second kappa shape index (κ2) is 7.97. The van der Waals surface area contributed by atoms with Crippen LogP contribution in [-0.4, -0.2) is 18.5 Å². The van der Waals surface area contributed by atoms with E-state index in [4.69, 9.17) is 4.74 Å². The Morgan fingerprint density at radius 1 is 1.17 bits per heavy atom. The molecule has 2 aromatic carbocycles. The number of nitrogens with one attached hydrogen (secondary N) is 2. The van der Waals surface area contributed by atoms with Crippen molar-refractivity contribution in [1.29, 1.82) is 0 Å². The van der Waals surface area contributed by atoms with Gasteiger partial charge >= 0.3 is 0 Å². The summed E-state index contributed by atoms with van der Waals surface area (Å²) in [5.41, 5.74) is 1.95. The Morgan fingerprint density at radius 3 is 2.62 bits per heavy atom. The maximum atomic E-state index is 12.3. The second-order valence-corrected chi connectivity index (χ2v) is 6.36. The monoisotopic (exact) mass is 324 g/mol. The number of carbonyl (C=O) groups excluding carboxylic acids is 1. The Bertz CT molecular complexity index is 655. The average molecular weight is 324 g/mol. The van der Waals surface area contributed by atoms with Crippen molar-refractivity contribution in [2.75, 3.05) is 11.9 Å². The molecule has 0 aromatic heterocycles. The lowest BCUT2D eigenvalue weighted by Crippen LogP contribution is -2.40. The van der Waals surface area contributed by atoms with Crippen molar-refractivity contribution in [2.45, 2.75) is 32.4 Å². The normalized spacial score (nSPS) is 20.4. The number of ether oxygens (including phenoxy) is 1. The third kappa shape index (κ3) is 4.59. The Labute approximate surface area is 143 Å². The predicted molar refractivity (Wildman–Crippen MR) is 96.0 cm³/mol. The van der Waals surface area contributed by atoms with Crippen LogP contribution >= 0.6 is 0 Å². The molecule has 1 amide bonds. The molecule has 2 atom stereocenters. The summed E-state index contributed by atoms with van der Waals surface area (Å²) in [6.45, 7) is 3.57. The maximum Gasteiger partial charge on any atom is 0.227 e. The van der Waals surface area contributed by atoms with Crippen LogP contribution in [-0.2, 0) is 11.4 Å². The molecule has 1 aliphatic heterocycles. The molecule has 24 heavy (non-hydrogen) atoms. The lowest BCUT2D eigenvalue weighted by Gasteiger charge is -2.27. The molecule has 2 N–H and O–H groups in total. The summed E-state index contributed by atoms with van der Waals surface area (Å²) < 4.78 is 5.76. The molecule has 2 unspecified atom stereocenters. The van der Waals surface area contributed by atoms with E-state index < -0.39 is 0 Å². The number of rotatable bonds is 5. The predicted octanol–water partition coefficient (Wildman–Crippen LogP) is 3.59. The molecule has 1 saturated heterocycles. The summed E-state index contributed by atoms with van der Waals surface area (Å²) in [4.78, 5) is 12.3. The first-order valence-corrected chi connectivity index (χ1v) is 8.52. The zero-order valence-corrected chi connectivity index (χ0v) is 14.0. The molecule has 1 fully saturated rings. The summed E-state index contributed by atoms with van der Waals surface area (Å²) in [6, 6.07) is 18.0. The van der Waals surface area contributed by atoms with Gasteiger partial charge in [0.15, 0.2) is 0 Å². The summed E-state index contributed by atoms with van der Waals surface area (Å²) >= 11 is 0. The van der Waals surface area contributed by atoms with Crippen LogP contribution < -0.4 is 15.4 Å². The molecule has 3 rings (SSSR count). The van der Waals surface area contributed by atoms with Gasteiger partial charge in [-0.2, -0.15) is 0 Å². The molecule has 4 heteroatoms. The molecule has 126 valence electrons. The molecule has 1 aliphatic rings. The summed E-state index contributed by atoms with van der Waals surface area (Å²) in [5, 5.41) is 6.38. The molecule has 0 radical (unpaired) electrons. The number of hydrogen-bond donors (Lipinski definition) is 2. The maximum absolute atomic E-state index is 12.3. The molecule has 0 aliphatic carbocycles. The van der Waals surface area contributed by atoms with E-state index in [0.29, 0.717) is 12.6 Å². The van der Waals surface area contributed by atoms with Crippen molar-refractivity contribution in [2.24, 2.45) is 5.92 Å². The van der Waals surface area contributed by atoms with E-state index in [0.717, 1.165) is 36.4 Å². The largest absolute Gasteiger partial charge is 0.489 e. The van der Waals surface area contributed by atoms with Crippen molar-refractivity contribution >= 4 is 11.6 Å². The highest BCUT2D eigenvalue weighted by molar-refractivity contribution is 5.92. The Hall–Kier alpha value is -2.33. The van der Waals surface area contributed by atoms with Crippen molar-refractivity contribution < 1.29 is 9.53 Å². The summed E-state index contributed by atoms with van der Waals surface area (Å²) in [5.74, 6) is 1.00. The van der Waals surface area contributed by atoms with Crippen molar-refractivity contribution in [3.8, 4) is 5.75 Å². The zero-order chi connectivity index (χ0) is 16.8. The van der Waals surface area contributed by atoms with Crippen LogP contribution in [0.2, 0.25) is 0 Å². The minimum atomic E-state index is 0.0928. The van der Waals surface area contributed by atoms with Crippen LogP contribution in [0.25, 0.3) is 0 Å². The smallest absolute Gasteiger partial charge is 0.227 e. The highest BCUT2D eigenvalue weighted by Gasteiger charge is 2.24. The lowest BCUT2D eigenvalue weighted by molar-refractivity contribution is -0.120. The first-order chi connectivity index (χ1) is 11.7. The quantitative estimate of drug-likeness (QED) is 0.883. The van der Waals surface area contributed by atoms with Gasteiger partial charge in [0.05, 0.1) is 0 Å². The SMILES string of the molecule is CC1CC(C(=O)Nc2ccc(OCc3ccccc3)cc2)CCN1. The Kier molecular flexibility index (Phi) is 5.49. The van der Waals surface area contributed by atoms with Crippen molar-refractivity contribution in [3.05, 3.63) is 60.2 Å². The number of amides is 1. The molecule has 0 bridgehead atoms. The van der Waals surface area contributed by atoms with Gasteiger partial charge in [0.25, 0.3) is 0 Å². The van der Waals surface area contributed by atoms with E-state index >= 15 is 0 Å². The van der Waals surface area contributed by atoms with E-state index in [1.165, 1.54) is 0 Å². The lowest BCUT2D eigenvalue weighted by atomic mass is 9.92. The fraction of sp³-hybridized carbons (Fsp3) is 0.350. The van der Waals surface area contributed by atoms with E-state index in [1.807, 2.05) is 54.6 Å². The number of carbonyl (C=O) groups is 1. The molecule has 0 spiro atoms. The van der Waals surface area contributed by atoms with Gasteiger partial charge in [0.1, 0.15) is 12.4 Å². The number of hydrogen-bond acceptors (Lipinski definition) is 3. The average Bonchev–Trinajstić information content (AvgIpc) is 2.62. The molecular weight excluding hydrogens is 300 g/mol. The van der Waals surface area contributed by atoms with Crippen molar-refractivity contribution in [3.63, 3.8) is 0 Å². The van der Waals surface area contributed by atoms with Crippen LogP contribution in [0.4, 0.5) is 5.69 Å².